The van der Waals surface area contributed by atoms with Crippen molar-refractivity contribution in [3.8, 4) is 0 Å². The van der Waals surface area contributed by atoms with Gasteiger partial charge in [-0.05, 0) is 29.3 Å². The first-order chi connectivity index (χ1) is 10.1. The zero-order valence-corrected chi connectivity index (χ0v) is 12.5. The largest absolute Gasteiger partial charge is 0.398 e. The van der Waals surface area contributed by atoms with Gasteiger partial charge in [0.1, 0.15) is 0 Å². The van der Waals surface area contributed by atoms with Crippen molar-refractivity contribution in [2.75, 3.05) is 12.8 Å². The lowest BCUT2D eigenvalue weighted by molar-refractivity contribution is 0.0951. The first kappa shape index (κ1) is 15.4. The predicted molar refractivity (Wildman–Crippen MR) is 84.2 cm³/mol. The molecule has 2 rings (SSSR count). The second kappa shape index (κ2) is 7.11. The Morgan fingerprint density at radius 2 is 2.00 bits per heavy atom. The van der Waals surface area contributed by atoms with Crippen molar-refractivity contribution < 1.29 is 9.53 Å². The van der Waals surface area contributed by atoms with E-state index in [1.54, 1.807) is 25.3 Å². The minimum Gasteiger partial charge on any atom is -0.398 e. The predicted octanol–water partition coefficient (Wildman–Crippen LogP) is 3.00. The fraction of sp³-hybridized carbons (Fsp3) is 0.188. The molecule has 3 N–H and O–H groups in total. The van der Waals surface area contributed by atoms with Gasteiger partial charge < -0.3 is 15.8 Å². The second-order valence-corrected chi connectivity index (χ2v) is 5.08. The molecule has 2 aromatic carbocycles. The number of methoxy groups -OCH3 is 1. The molecule has 5 heteroatoms. The summed E-state index contributed by atoms with van der Waals surface area (Å²) < 4.78 is 5.09. The van der Waals surface area contributed by atoms with E-state index in [9.17, 15) is 4.79 Å². The lowest BCUT2D eigenvalue weighted by Crippen LogP contribution is -2.22. The molecule has 0 unspecified atom stereocenters. The van der Waals surface area contributed by atoms with Gasteiger partial charge in [0.15, 0.2) is 0 Å². The Morgan fingerprint density at radius 3 is 2.71 bits per heavy atom. The highest BCUT2D eigenvalue weighted by molar-refractivity contribution is 6.33. The van der Waals surface area contributed by atoms with Crippen molar-refractivity contribution in [1.29, 1.82) is 0 Å². The molecule has 0 heterocycles. The number of nitrogen functional groups attached to an aromatic ring is 1. The maximum absolute atomic E-state index is 12.1. The lowest BCUT2D eigenvalue weighted by atomic mass is 10.1. The molecule has 0 bridgehead atoms. The molecule has 0 aliphatic rings. The Kier molecular flexibility index (Phi) is 5.20. The Hall–Kier alpha value is -2.04. The van der Waals surface area contributed by atoms with Gasteiger partial charge in [-0.15, -0.1) is 0 Å². The highest BCUT2D eigenvalue weighted by Crippen LogP contribution is 2.19. The summed E-state index contributed by atoms with van der Waals surface area (Å²) in [7, 11) is 1.65. The molecule has 2 aromatic rings. The van der Waals surface area contributed by atoms with Crippen LogP contribution in [0.2, 0.25) is 5.02 Å². The first-order valence-corrected chi connectivity index (χ1v) is 6.88. The monoisotopic (exact) mass is 304 g/mol. The maximum Gasteiger partial charge on any atom is 0.251 e. The van der Waals surface area contributed by atoms with Crippen LogP contribution in [0, 0.1) is 0 Å². The number of rotatable bonds is 5. The van der Waals surface area contributed by atoms with E-state index in [-0.39, 0.29) is 5.91 Å². The lowest BCUT2D eigenvalue weighted by Gasteiger charge is -2.08. The van der Waals surface area contributed by atoms with E-state index in [0.717, 1.165) is 11.1 Å². The Balaban J connectivity index is 2.00. The van der Waals surface area contributed by atoms with E-state index >= 15 is 0 Å². The van der Waals surface area contributed by atoms with E-state index in [1.807, 2.05) is 24.3 Å². The van der Waals surface area contributed by atoms with Gasteiger partial charge in [-0.3, -0.25) is 4.79 Å². The van der Waals surface area contributed by atoms with Crippen LogP contribution >= 0.6 is 11.6 Å². The minimum absolute atomic E-state index is 0.185. The topological polar surface area (TPSA) is 64.3 Å². The zero-order valence-electron chi connectivity index (χ0n) is 11.7. The average Bonchev–Trinajstić information content (AvgIpc) is 2.48. The van der Waals surface area contributed by atoms with Crippen LogP contribution in [0.1, 0.15) is 21.5 Å². The van der Waals surface area contributed by atoms with E-state index in [1.165, 1.54) is 0 Å². The zero-order chi connectivity index (χ0) is 15.2. The third-order valence-corrected chi connectivity index (χ3v) is 3.36. The standard InChI is InChI=1S/C16H17ClN2O2/c1-21-10-12-4-2-3-11(7-12)9-19-16(20)13-5-6-14(17)15(18)8-13/h2-8H,9-10,18H2,1H3,(H,19,20). The van der Waals surface area contributed by atoms with E-state index in [4.69, 9.17) is 22.1 Å². The fourth-order valence-electron chi connectivity index (χ4n) is 1.97. The Labute approximate surface area is 128 Å². The summed E-state index contributed by atoms with van der Waals surface area (Å²) in [4.78, 5) is 12.1. The van der Waals surface area contributed by atoms with Crippen molar-refractivity contribution in [2.45, 2.75) is 13.2 Å². The summed E-state index contributed by atoms with van der Waals surface area (Å²) >= 11 is 5.84. The van der Waals surface area contributed by atoms with Gasteiger partial charge in [0.25, 0.3) is 5.91 Å². The van der Waals surface area contributed by atoms with Gasteiger partial charge in [0, 0.05) is 19.2 Å². The van der Waals surface area contributed by atoms with Crippen molar-refractivity contribution in [1.82, 2.24) is 5.32 Å². The molecule has 0 aliphatic heterocycles. The summed E-state index contributed by atoms with van der Waals surface area (Å²) in [6.07, 6.45) is 0. The normalized spacial score (nSPS) is 10.4. The second-order valence-electron chi connectivity index (χ2n) is 4.67. The van der Waals surface area contributed by atoms with E-state index < -0.39 is 0 Å². The molecule has 0 aromatic heterocycles. The molecule has 21 heavy (non-hydrogen) atoms. The number of carbonyl (C=O) groups excluding carboxylic acids is 1. The van der Waals surface area contributed by atoms with Gasteiger partial charge in [0.05, 0.1) is 17.3 Å². The summed E-state index contributed by atoms with van der Waals surface area (Å²) in [6.45, 7) is 0.994. The summed E-state index contributed by atoms with van der Waals surface area (Å²) in [6, 6.07) is 12.7. The molecular formula is C16H17ClN2O2. The highest BCUT2D eigenvalue weighted by Gasteiger charge is 2.07. The summed E-state index contributed by atoms with van der Waals surface area (Å²) in [5.74, 6) is -0.185. The van der Waals surface area contributed by atoms with Crippen LogP contribution in [0.5, 0.6) is 0 Å². The molecule has 0 atom stereocenters. The van der Waals surface area contributed by atoms with Gasteiger partial charge in [-0.1, -0.05) is 35.9 Å². The van der Waals surface area contributed by atoms with Crippen LogP contribution in [-0.2, 0) is 17.9 Å². The molecule has 0 radical (unpaired) electrons. The smallest absolute Gasteiger partial charge is 0.251 e. The molecule has 110 valence electrons. The van der Waals surface area contributed by atoms with Gasteiger partial charge in [0.2, 0.25) is 0 Å². The summed E-state index contributed by atoms with van der Waals surface area (Å²) in [5.41, 5.74) is 8.66. The highest BCUT2D eigenvalue weighted by atomic mass is 35.5. The SMILES string of the molecule is COCc1cccc(CNC(=O)c2ccc(Cl)c(N)c2)c1. The van der Waals surface area contributed by atoms with E-state index in [2.05, 4.69) is 5.32 Å². The van der Waals surface area contributed by atoms with Crippen molar-refractivity contribution in [2.24, 2.45) is 0 Å². The molecule has 0 saturated heterocycles. The number of anilines is 1. The number of hydrogen-bond donors (Lipinski definition) is 2. The summed E-state index contributed by atoms with van der Waals surface area (Å²) in [5, 5.41) is 3.30. The first-order valence-electron chi connectivity index (χ1n) is 6.50. The molecule has 4 nitrogen and oxygen atoms in total. The van der Waals surface area contributed by atoms with Crippen molar-refractivity contribution in [3.63, 3.8) is 0 Å². The molecular weight excluding hydrogens is 288 g/mol. The quantitative estimate of drug-likeness (QED) is 0.835. The minimum atomic E-state index is -0.185. The van der Waals surface area contributed by atoms with E-state index in [0.29, 0.717) is 29.4 Å². The third kappa shape index (κ3) is 4.21. The number of nitrogens with one attached hydrogen (secondary N) is 1. The van der Waals surface area contributed by atoms with Gasteiger partial charge in [-0.2, -0.15) is 0 Å². The van der Waals surface area contributed by atoms with Crippen LogP contribution in [0.4, 0.5) is 5.69 Å². The number of nitrogens with two attached hydrogens (primary N) is 1. The van der Waals surface area contributed by atoms with Crippen molar-refractivity contribution in [3.05, 3.63) is 64.2 Å². The van der Waals surface area contributed by atoms with Crippen LogP contribution in [-0.4, -0.2) is 13.0 Å². The van der Waals surface area contributed by atoms with Crippen molar-refractivity contribution >= 4 is 23.2 Å². The molecule has 1 amide bonds. The number of amides is 1. The number of halogens is 1. The van der Waals surface area contributed by atoms with Gasteiger partial charge in [-0.25, -0.2) is 0 Å². The number of benzene rings is 2. The van der Waals surface area contributed by atoms with Gasteiger partial charge >= 0.3 is 0 Å². The Bertz CT molecular complexity index is 644. The molecule has 0 saturated carbocycles. The fourth-order valence-corrected chi connectivity index (χ4v) is 2.08. The molecule has 0 aliphatic carbocycles. The number of carbonyl (C=O) groups is 1. The maximum atomic E-state index is 12.1. The Morgan fingerprint density at radius 1 is 1.24 bits per heavy atom. The van der Waals surface area contributed by atoms with Crippen LogP contribution in [0.25, 0.3) is 0 Å². The molecule has 0 spiro atoms. The number of hydrogen-bond acceptors (Lipinski definition) is 3. The van der Waals surface area contributed by atoms with Crippen LogP contribution in [0.3, 0.4) is 0 Å². The van der Waals surface area contributed by atoms with Crippen LogP contribution < -0.4 is 11.1 Å². The number of ether oxygens (including phenoxy) is 1. The van der Waals surface area contributed by atoms with Crippen LogP contribution in [0.15, 0.2) is 42.5 Å². The third-order valence-electron chi connectivity index (χ3n) is 3.01. The molecule has 0 fully saturated rings. The average molecular weight is 305 g/mol.